The standard InChI is InChI=1S/C7H12O8/c1-7(15,4(10)6(13)14)3(9)2(8)5(11)12/h2-4,8-10,15H,1H3,(H,11,12)(H,13,14)/t2-,3+,4-,7-/m0/s1. The van der Waals surface area contributed by atoms with Crippen molar-refractivity contribution >= 4 is 11.9 Å². The minimum Gasteiger partial charge on any atom is -0.479 e. The molecule has 0 aliphatic heterocycles. The highest BCUT2D eigenvalue weighted by Gasteiger charge is 2.47. The fourth-order valence-corrected chi connectivity index (χ4v) is 0.866. The number of carboxylic acid groups (broad SMARTS) is 2. The van der Waals surface area contributed by atoms with Gasteiger partial charge >= 0.3 is 11.9 Å². The van der Waals surface area contributed by atoms with Crippen LogP contribution in [0.1, 0.15) is 6.92 Å². The van der Waals surface area contributed by atoms with Crippen LogP contribution in [-0.2, 0) is 9.59 Å². The Hall–Kier alpha value is -1.22. The Kier molecular flexibility index (Phi) is 4.16. The molecule has 0 aromatic carbocycles. The van der Waals surface area contributed by atoms with Gasteiger partial charge in [-0.3, -0.25) is 0 Å². The predicted molar refractivity (Wildman–Crippen MR) is 43.9 cm³/mol. The maximum atomic E-state index is 10.3. The minimum absolute atomic E-state index is 0.697. The lowest BCUT2D eigenvalue weighted by atomic mass is 9.89. The number of aliphatic hydroxyl groups excluding tert-OH is 3. The molecule has 0 saturated heterocycles. The van der Waals surface area contributed by atoms with Crippen molar-refractivity contribution in [1.82, 2.24) is 0 Å². The summed E-state index contributed by atoms with van der Waals surface area (Å²) >= 11 is 0. The van der Waals surface area contributed by atoms with E-state index in [2.05, 4.69) is 0 Å². The smallest absolute Gasteiger partial charge is 0.335 e. The van der Waals surface area contributed by atoms with E-state index >= 15 is 0 Å². The Balaban J connectivity index is 4.86. The van der Waals surface area contributed by atoms with Gasteiger partial charge in [-0.1, -0.05) is 0 Å². The molecule has 0 aliphatic carbocycles. The predicted octanol–water partition coefficient (Wildman–Crippen LogP) is -3.01. The lowest BCUT2D eigenvalue weighted by molar-refractivity contribution is -0.195. The molecule has 0 spiro atoms. The van der Waals surface area contributed by atoms with Gasteiger partial charge in [0.15, 0.2) is 12.2 Å². The number of hydrogen-bond acceptors (Lipinski definition) is 6. The van der Waals surface area contributed by atoms with Crippen molar-refractivity contribution < 1.29 is 40.2 Å². The zero-order chi connectivity index (χ0) is 12.4. The fourth-order valence-electron chi connectivity index (χ4n) is 0.866. The van der Waals surface area contributed by atoms with Crippen molar-refractivity contribution in [2.24, 2.45) is 0 Å². The van der Waals surface area contributed by atoms with Crippen molar-refractivity contribution in [3.05, 3.63) is 0 Å². The fraction of sp³-hybridized carbons (Fsp3) is 0.714. The molecule has 15 heavy (non-hydrogen) atoms. The molecule has 0 amide bonds. The summed E-state index contributed by atoms with van der Waals surface area (Å²) in [5, 5.41) is 52.9. The van der Waals surface area contributed by atoms with E-state index in [4.69, 9.17) is 25.5 Å². The summed E-state index contributed by atoms with van der Waals surface area (Å²) in [5.74, 6) is -3.70. The monoisotopic (exact) mass is 224 g/mol. The molecule has 4 atom stereocenters. The van der Waals surface area contributed by atoms with Crippen LogP contribution in [0.15, 0.2) is 0 Å². The second-order valence-corrected chi connectivity index (χ2v) is 3.19. The summed E-state index contributed by atoms with van der Waals surface area (Å²) in [6.45, 7) is 0.697. The third kappa shape index (κ3) is 2.86. The van der Waals surface area contributed by atoms with Gasteiger partial charge in [0, 0.05) is 0 Å². The number of carboxylic acids is 2. The van der Waals surface area contributed by atoms with Crippen molar-refractivity contribution in [2.75, 3.05) is 0 Å². The summed E-state index contributed by atoms with van der Waals surface area (Å²) in [5.41, 5.74) is -2.68. The normalized spacial score (nSPS) is 21.1. The van der Waals surface area contributed by atoms with Crippen molar-refractivity contribution in [2.45, 2.75) is 30.8 Å². The van der Waals surface area contributed by atoms with Crippen LogP contribution in [0.3, 0.4) is 0 Å². The molecule has 0 saturated carbocycles. The van der Waals surface area contributed by atoms with E-state index in [0.717, 1.165) is 0 Å². The molecule has 0 unspecified atom stereocenters. The highest BCUT2D eigenvalue weighted by molar-refractivity contribution is 5.75. The summed E-state index contributed by atoms with van der Waals surface area (Å²) in [7, 11) is 0. The minimum atomic E-state index is -2.68. The Morgan fingerprint density at radius 3 is 1.73 bits per heavy atom. The van der Waals surface area contributed by atoms with E-state index < -0.39 is 35.9 Å². The van der Waals surface area contributed by atoms with Gasteiger partial charge in [-0.2, -0.15) is 0 Å². The molecule has 0 heterocycles. The number of hydrogen-bond donors (Lipinski definition) is 6. The maximum absolute atomic E-state index is 10.3. The molecule has 0 aliphatic rings. The van der Waals surface area contributed by atoms with Gasteiger partial charge in [0.05, 0.1) is 0 Å². The zero-order valence-electron chi connectivity index (χ0n) is 7.73. The first-order valence-corrected chi connectivity index (χ1v) is 3.84. The Bertz CT molecular complexity index is 260. The molecule has 6 N–H and O–H groups in total. The number of rotatable bonds is 5. The molecule has 0 fully saturated rings. The van der Waals surface area contributed by atoms with E-state index in [0.29, 0.717) is 6.92 Å². The first-order chi connectivity index (χ1) is 6.62. The van der Waals surface area contributed by atoms with Gasteiger partial charge in [-0.05, 0) is 6.92 Å². The summed E-state index contributed by atoms with van der Waals surface area (Å²) < 4.78 is 0. The molecular formula is C7H12O8. The quantitative estimate of drug-likeness (QED) is 0.288. The molecule has 0 rings (SSSR count). The third-order valence-electron chi connectivity index (χ3n) is 1.94. The number of aliphatic hydroxyl groups is 4. The van der Waals surface area contributed by atoms with Crippen LogP contribution in [0.5, 0.6) is 0 Å². The molecule has 8 heteroatoms. The first kappa shape index (κ1) is 13.8. The van der Waals surface area contributed by atoms with E-state index in [1.165, 1.54) is 0 Å². The van der Waals surface area contributed by atoms with E-state index in [1.807, 2.05) is 0 Å². The topological polar surface area (TPSA) is 156 Å². The Morgan fingerprint density at radius 2 is 1.47 bits per heavy atom. The van der Waals surface area contributed by atoms with Crippen LogP contribution in [-0.4, -0.2) is 66.5 Å². The summed E-state index contributed by atoms with van der Waals surface area (Å²) in [6.07, 6.45) is -7.14. The molecule has 0 radical (unpaired) electrons. The van der Waals surface area contributed by atoms with Crippen LogP contribution in [0.25, 0.3) is 0 Å². The molecule has 0 aromatic heterocycles. The highest BCUT2D eigenvalue weighted by Crippen LogP contribution is 2.18. The average Bonchev–Trinajstić information content (AvgIpc) is 2.13. The zero-order valence-corrected chi connectivity index (χ0v) is 7.73. The van der Waals surface area contributed by atoms with Gasteiger partial charge in [0.25, 0.3) is 0 Å². The molecule has 88 valence electrons. The van der Waals surface area contributed by atoms with Gasteiger partial charge in [-0.25, -0.2) is 9.59 Å². The van der Waals surface area contributed by atoms with Crippen LogP contribution in [0, 0.1) is 0 Å². The number of carbonyl (C=O) groups is 2. The first-order valence-electron chi connectivity index (χ1n) is 3.84. The van der Waals surface area contributed by atoms with Crippen LogP contribution in [0.4, 0.5) is 0 Å². The van der Waals surface area contributed by atoms with Crippen LogP contribution in [0.2, 0.25) is 0 Å². The molecular weight excluding hydrogens is 212 g/mol. The summed E-state index contributed by atoms with van der Waals surface area (Å²) in [4.78, 5) is 20.5. The highest BCUT2D eigenvalue weighted by atomic mass is 16.4. The molecule has 8 nitrogen and oxygen atoms in total. The van der Waals surface area contributed by atoms with E-state index in [1.54, 1.807) is 0 Å². The van der Waals surface area contributed by atoms with E-state index in [-0.39, 0.29) is 0 Å². The van der Waals surface area contributed by atoms with Crippen molar-refractivity contribution in [3.8, 4) is 0 Å². The number of aliphatic carboxylic acids is 2. The third-order valence-corrected chi connectivity index (χ3v) is 1.94. The van der Waals surface area contributed by atoms with Gasteiger partial charge in [0.2, 0.25) is 0 Å². The average molecular weight is 224 g/mol. The van der Waals surface area contributed by atoms with Gasteiger partial charge in [-0.15, -0.1) is 0 Å². The second-order valence-electron chi connectivity index (χ2n) is 3.19. The van der Waals surface area contributed by atoms with Crippen LogP contribution >= 0.6 is 0 Å². The largest absolute Gasteiger partial charge is 0.479 e. The van der Waals surface area contributed by atoms with Crippen LogP contribution < -0.4 is 0 Å². The van der Waals surface area contributed by atoms with Crippen molar-refractivity contribution in [3.63, 3.8) is 0 Å². The molecule has 0 aromatic rings. The maximum Gasteiger partial charge on any atom is 0.335 e. The lowest BCUT2D eigenvalue weighted by Gasteiger charge is -2.32. The Morgan fingerprint density at radius 1 is 1.07 bits per heavy atom. The van der Waals surface area contributed by atoms with Gasteiger partial charge in [0.1, 0.15) is 11.7 Å². The lowest BCUT2D eigenvalue weighted by Crippen LogP contribution is -2.58. The molecule has 0 bridgehead atoms. The van der Waals surface area contributed by atoms with Crippen molar-refractivity contribution in [1.29, 1.82) is 0 Å². The SMILES string of the molecule is C[C@](O)([C@H](O)[C@H](O)C(=O)O)[C@@H](O)C(=O)O. The summed E-state index contributed by atoms with van der Waals surface area (Å²) in [6, 6.07) is 0. The Labute approximate surface area is 84.0 Å². The second kappa shape index (κ2) is 4.53. The van der Waals surface area contributed by atoms with Gasteiger partial charge < -0.3 is 30.6 Å². The van der Waals surface area contributed by atoms with E-state index in [9.17, 15) is 14.7 Å².